The van der Waals surface area contributed by atoms with Crippen LogP contribution >= 0.6 is 22.9 Å². The van der Waals surface area contributed by atoms with Crippen molar-refractivity contribution >= 4 is 40.6 Å². The number of thiazole rings is 1. The van der Waals surface area contributed by atoms with Gasteiger partial charge in [0.1, 0.15) is 18.1 Å². The Kier molecular flexibility index (Phi) is 9.34. The summed E-state index contributed by atoms with van der Waals surface area (Å²) in [5.74, 6) is 0.875. The van der Waals surface area contributed by atoms with Gasteiger partial charge < -0.3 is 14.8 Å². The average Bonchev–Trinajstić information content (AvgIpc) is 3.38. The predicted octanol–water partition coefficient (Wildman–Crippen LogP) is 6.38. The van der Waals surface area contributed by atoms with Crippen LogP contribution in [0.2, 0.25) is 5.02 Å². The van der Waals surface area contributed by atoms with Crippen LogP contribution in [0.4, 0.5) is 5.69 Å². The van der Waals surface area contributed by atoms with Gasteiger partial charge in [-0.25, -0.2) is 4.99 Å². The summed E-state index contributed by atoms with van der Waals surface area (Å²) < 4.78 is 13.8. The number of nitrogens with one attached hydrogen (secondary N) is 1. The van der Waals surface area contributed by atoms with E-state index in [4.69, 9.17) is 31.3 Å². The van der Waals surface area contributed by atoms with Crippen molar-refractivity contribution in [2.24, 2.45) is 4.99 Å². The van der Waals surface area contributed by atoms with Gasteiger partial charge in [-0.2, -0.15) is 5.26 Å². The fraction of sp³-hybridized carbons (Fsp3) is 0.135. The number of hydrogen-bond donors (Lipinski definition) is 1. The molecule has 1 aromatic heterocycles. The van der Waals surface area contributed by atoms with Crippen LogP contribution in [0.5, 0.6) is 11.5 Å². The van der Waals surface area contributed by atoms with Crippen molar-refractivity contribution in [3.63, 3.8) is 0 Å². The van der Waals surface area contributed by atoms with Gasteiger partial charge in [-0.1, -0.05) is 65.4 Å². The fourth-order valence-electron chi connectivity index (χ4n) is 5.30. The Morgan fingerprint density at radius 3 is 2.49 bits per heavy atom. The number of rotatable bonds is 9. The van der Waals surface area contributed by atoms with Gasteiger partial charge in [0.15, 0.2) is 4.80 Å². The number of para-hydroxylation sites is 1. The van der Waals surface area contributed by atoms with Crippen LogP contribution < -0.4 is 29.7 Å². The predicted molar refractivity (Wildman–Crippen MR) is 183 cm³/mol. The van der Waals surface area contributed by atoms with Crippen molar-refractivity contribution in [3.05, 3.63) is 155 Å². The molecule has 234 valence electrons. The summed E-state index contributed by atoms with van der Waals surface area (Å²) in [6.07, 6.45) is 1.74. The third-order valence-electron chi connectivity index (χ3n) is 7.54. The molecule has 47 heavy (non-hydrogen) atoms. The summed E-state index contributed by atoms with van der Waals surface area (Å²) in [7, 11) is 0. The molecule has 1 aliphatic rings. The third kappa shape index (κ3) is 6.89. The molecule has 0 radical (unpaired) electrons. The van der Waals surface area contributed by atoms with Gasteiger partial charge in [0, 0.05) is 16.3 Å². The summed E-state index contributed by atoms with van der Waals surface area (Å²) in [6.45, 7) is 4.46. The lowest BCUT2D eigenvalue weighted by Crippen LogP contribution is -2.40. The lowest BCUT2D eigenvalue weighted by atomic mass is 9.95. The Morgan fingerprint density at radius 1 is 1.04 bits per heavy atom. The molecule has 0 aliphatic carbocycles. The van der Waals surface area contributed by atoms with Crippen molar-refractivity contribution in [2.75, 3.05) is 11.9 Å². The zero-order chi connectivity index (χ0) is 32.9. The molecule has 0 saturated heterocycles. The first kappa shape index (κ1) is 31.5. The summed E-state index contributed by atoms with van der Waals surface area (Å²) in [5.41, 5.74) is 4.02. The van der Waals surface area contributed by atoms with Crippen LogP contribution in [0.1, 0.15) is 42.1 Å². The van der Waals surface area contributed by atoms with Crippen LogP contribution in [0.15, 0.2) is 118 Å². The molecule has 0 spiro atoms. The Labute approximate surface area is 280 Å². The minimum Gasteiger partial charge on any atom is -0.494 e. The van der Waals surface area contributed by atoms with E-state index in [1.54, 1.807) is 60.0 Å². The zero-order valence-electron chi connectivity index (χ0n) is 25.6. The molecule has 4 aromatic carbocycles. The maximum atomic E-state index is 14.2. The number of nitrogens with zero attached hydrogens (tertiary/aromatic N) is 3. The van der Waals surface area contributed by atoms with Crippen molar-refractivity contribution in [1.29, 1.82) is 5.26 Å². The molecule has 1 aliphatic heterocycles. The molecule has 1 N–H and O–H groups in total. The number of allylic oxidation sites excluding steroid dienone is 1. The molecule has 0 bridgehead atoms. The monoisotopic (exact) mass is 660 g/mol. The van der Waals surface area contributed by atoms with E-state index in [0.29, 0.717) is 60.5 Å². The molecule has 8 nitrogen and oxygen atoms in total. The molecule has 6 rings (SSSR count). The van der Waals surface area contributed by atoms with E-state index in [-0.39, 0.29) is 18.1 Å². The van der Waals surface area contributed by atoms with E-state index in [1.165, 1.54) is 11.3 Å². The van der Waals surface area contributed by atoms with Crippen LogP contribution in [0, 0.1) is 11.3 Å². The SMILES string of the molecule is CCOc1ccc([C@H]2C(C(=O)Nc3ccccc3)=C(C)N=c3s/c(=C\c4cc(Cl)ccc4OCc4ccc(C#N)cc4)c(=O)n32)cc1. The molecule has 2 heterocycles. The number of anilines is 1. The number of carbonyl (C=O) groups excluding carboxylic acids is 1. The van der Waals surface area contributed by atoms with Gasteiger partial charge in [0.05, 0.1) is 40.1 Å². The average molecular weight is 661 g/mol. The Morgan fingerprint density at radius 2 is 1.79 bits per heavy atom. The summed E-state index contributed by atoms with van der Waals surface area (Å²) in [6, 6.07) is 30.3. The van der Waals surface area contributed by atoms with Crippen LogP contribution in [0.3, 0.4) is 0 Å². The maximum absolute atomic E-state index is 14.2. The van der Waals surface area contributed by atoms with E-state index < -0.39 is 6.04 Å². The van der Waals surface area contributed by atoms with Gasteiger partial charge in [-0.15, -0.1) is 0 Å². The quantitative estimate of drug-likeness (QED) is 0.198. The van der Waals surface area contributed by atoms with Crippen LogP contribution in [-0.4, -0.2) is 17.1 Å². The lowest BCUT2D eigenvalue weighted by molar-refractivity contribution is -0.113. The van der Waals surface area contributed by atoms with Crippen molar-refractivity contribution < 1.29 is 14.3 Å². The Bertz CT molecular complexity index is 2200. The second-order valence-corrected chi connectivity index (χ2v) is 12.1. The largest absolute Gasteiger partial charge is 0.494 e. The molecule has 1 atom stereocenters. The fourth-order valence-corrected chi connectivity index (χ4v) is 6.52. The van der Waals surface area contributed by atoms with Gasteiger partial charge >= 0.3 is 0 Å². The highest BCUT2D eigenvalue weighted by atomic mass is 35.5. The third-order valence-corrected chi connectivity index (χ3v) is 8.76. The highest BCUT2D eigenvalue weighted by Gasteiger charge is 2.32. The van der Waals surface area contributed by atoms with E-state index >= 15 is 0 Å². The van der Waals surface area contributed by atoms with E-state index in [1.807, 2.05) is 61.5 Å². The first-order chi connectivity index (χ1) is 22.8. The standard InChI is InChI=1S/C37H29ClN4O4S/c1-3-45-30-16-13-26(14-17-30)34-33(35(43)41-29-7-5-4-6-8-29)23(2)40-37-42(34)36(44)32(47-37)20-27-19-28(38)15-18-31(27)46-22-25-11-9-24(21-39)10-12-25/h4-20,34H,3,22H2,1-2H3,(H,41,43)/b32-20-/t34-/m0/s1. The van der Waals surface area contributed by atoms with Crippen molar-refractivity contribution in [3.8, 4) is 17.6 Å². The second kappa shape index (κ2) is 13.9. The Hall–Kier alpha value is -5.43. The van der Waals surface area contributed by atoms with Gasteiger partial charge in [0.25, 0.3) is 11.5 Å². The van der Waals surface area contributed by atoms with Gasteiger partial charge in [-0.05, 0) is 85.6 Å². The summed E-state index contributed by atoms with van der Waals surface area (Å²) >= 11 is 7.62. The van der Waals surface area contributed by atoms with E-state index in [9.17, 15) is 9.59 Å². The number of nitriles is 1. The van der Waals surface area contributed by atoms with Crippen molar-refractivity contribution in [1.82, 2.24) is 4.57 Å². The summed E-state index contributed by atoms with van der Waals surface area (Å²) in [5, 5.41) is 12.5. The number of ether oxygens (including phenoxy) is 2. The lowest BCUT2D eigenvalue weighted by Gasteiger charge is -2.25. The number of amides is 1. The topological polar surface area (TPSA) is 106 Å². The zero-order valence-corrected chi connectivity index (χ0v) is 27.1. The number of aromatic nitrogens is 1. The maximum Gasteiger partial charge on any atom is 0.271 e. The molecular weight excluding hydrogens is 632 g/mol. The van der Waals surface area contributed by atoms with E-state index in [0.717, 1.165) is 11.1 Å². The van der Waals surface area contributed by atoms with Crippen LogP contribution in [-0.2, 0) is 11.4 Å². The number of halogens is 1. The molecule has 0 unspecified atom stereocenters. The van der Waals surface area contributed by atoms with E-state index in [2.05, 4.69) is 11.4 Å². The van der Waals surface area contributed by atoms with Gasteiger partial charge in [-0.3, -0.25) is 14.2 Å². The normalized spacial score (nSPS) is 14.2. The first-order valence-corrected chi connectivity index (χ1v) is 16.1. The number of benzene rings is 4. The highest BCUT2D eigenvalue weighted by Crippen LogP contribution is 2.32. The molecule has 5 aromatic rings. The smallest absolute Gasteiger partial charge is 0.271 e. The molecule has 0 saturated carbocycles. The second-order valence-electron chi connectivity index (χ2n) is 10.7. The molecule has 10 heteroatoms. The Balaban J connectivity index is 1.42. The highest BCUT2D eigenvalue weighted by molar-refractivity contribution is 7.07. The number of carbonyl (C=O) groups is 1. The number of fused-ring (bicyclic) bond motifs is 1. The minimum atomic E-state index is -0.737. The molecule has 1 amide bonds. The van der Waals surface area contributed by atoms with Gasteiger partial charge in [0.2, 0.25) is 0 Å². The minimum absolute atomic E-state index is 0.256. The number of hydrogen-bond acceptors (Lipinski definition) is 7. The van der Waals surface area contributed by atoms with Crippen molar-refractivity contribution in [2.45, 2.75) is 26.5 Å². The first-order valence-electron chi connectivity index (χ1n) is 14.9. The summed E-state index contributed by atoms with van der Waals surface area (Å²) in [4.78, 5) is 33.3. The molecule has 0 fully saturated rings. The molecular formula is C37H29ClN4O4S. The van der Waals surface area contributed by atoms with Crippen LogP contribution in [0.25, 0.3) is 6.08 Å².